The molecule has 1 saturated heterocycles. The second-order valence-corrected chi connectivity index (χ2v) is 13.4. The van der Waals surface area contributed by atoms with Crippen LogP contribution in [0.4, 0.5) is 26.7 Å². The van der Waals surface area contributed by atoms with Crippen LogP contribution in [0.3, 0.4) is 0 Å². The van der Waals surface area contributed by atoms with Crippen molar-refractivity contribution in [2.45, 2.75) is 71.2 Å². The fraction of sp³-hybridized carbons (Fsp3) is 0.471. The van der Waals surface area contributed by atoms with Crippen molar-refractivity contribution in [3.8, 4) is 11.5 Å². The number of hydrogen-bond acceptors (Lipinski definition) is 8. The number of nitrogens with one attached hydrogen (secondary N) is 1. The van der Waals surface area contributed by atoms with Crippen LogP contribution in [0, 0.1) is 36.0 Å². The van der Waals surface area contributed by atoms with Gasteiger partial charge in [0.15, 0.2) is 6.10 Å². The molecule has 270 valence electrons. The lowest BCUT2D eigenvalue weighted by Gasteiger charge is -2.41. The number of carbonyl (C=O) groups excluding carboxylic acids is 3. The van der Waals surface area contributed by atoms with E-state index in [4.69, 9.17) is 14.6 Å². The van der Waals surface area contributed by atoms with Crippen LogP contribution in [0.25, 0.3) is 0 Å². The third-order valence-corrected chi connectivity index (χ3v) is 8.30. The number of nitrogens with zero attached hydrogens (tertiary/aromatic N) is 4. The van der Waals surface area contributed by atoms with Crippen molar-refractivity contribution < 1.29 is 50.5 Å². The lowest BCUT2D eigenvalue weighted by molar-refractivity contribution is -0.00320. The van der Waals surface area contributed by atoms with Gasteiger partial charge in [-0.15, -0.1) is 0 Å². The third-order valence-electron chi connectivity index (χ3n) is 8.30. The van der Waals surface area contributed by atoms with Crippen molar-refractivity contribution in [2.75, 3.05) is 33.2 Å². The zero-order chi connectivity index (χ0) is 36.7. The number of halogens is 5. The molecule has 1 aromatic heterocycles. The van der Waals surface area contributed by atoms with Gasteiger partial charge < -0.3 is 24.4 Å². The van der Waals surface area contributed by atoms with Crippen LogP contribution in [0.2, 0.25) is 0 Å². The van der Waals surface area contributed by atoms with Gasteiger partial charge in [0.2, 0.25) is 34.8 Å². The highest BCUT2D eigenvalue weighted by molar-refractivity contribution is 6.01. The van der Waals surface area contributed by atoms with Crippen LogP contribution in [0.5, 0.6) is 11.5 Å². The summed E-state index contributed by atoms with van der Waals surface area (Å²) in [5.74, 6) is -15.5. The Morgan fingerprint density at radius 3 is 2.20 bits per heavy atom. The van der Waals surface area contributed by atoms with Crippen LogP contribution in [0.1, 0.15) is 84.7 Å². The largest absolute Gasteiger partial charge is 0.482 e. The molecule has 2 atom stereocenters. The average molecular weight is 708 g/mol. The summed E-state index contributed by atoms with van der Waals surface area (Å²) in [5, 5.41) is 7.17. The Morgan fingerprint density at radius 1 is 0.980 bits per heavy atom. The highest BCUT2D eigenvalue weighted by atomic mass is 19.2. The monoisotopic (exact) mass is 707 g/mol. The van der Waals surface area contributed by atoms with E-state index in [9.17, 15) is 36.3 Å². The maximum atomic E-state index is 14.3. The molecule has 5 rings (SSSR count). The molecule has 2 aromatic carbocycles. The molecule has 50 heavy (non-hydrogen) atoms. The van der Waals surface area contributed by atoms with Gasteiger partial charge in [-0.2, -0.15) is 13.9 Å². The second kappa shape index (κ2) is 14.2. The van der Waals surface area contributed by atoms with Gasteiger partial charge in [-0.05, 0) is 71.2 Å². The Kier molecular flexibility index (Phi) is 10.4. The van der Waals surface area contributed by atoms with Gasteiger partial charge in [-0.3, -0.25) is 14.4 Å². The van der Waals surface area contributed by atoms with E-state index in [1.165, 1.54) is 20.0 Å². The van der Waals surface area contributed by atoms with E-state index in [1.807, 2.05) is 23.9 Å². The first-order valence-electron chi connectivity index (χ1n) is 16.0. The van der Waals surface area contributed by atoms with Gasteiger partial charge in [0, 0.05) is 45.5 Å². The Hall–Kier alpha value is -4.73. The maximum Gasteiger partial charge on any atom is 0.410 e. The summed E-state index contributed by atoms with van der Waals surface area (Å²) in [5.41, 5.74) is -0.528. The summed E-state index contributed by atoms with van der Waals surface area (Å²) >= 11 is 0. The van der Waals surface area contributed by atoms with Crippen molar-refractivity contribution >= 4 is 18.0 Å². The Bertz CT molecular complexity index is 1780. The average Bonchev–Trinajstić information content (AvgIpc) is 3.79. The Morgan fingerprint density at radius 2 is 1.62 bits per heavy atom. The molecule has 2 heterocycles. The van der Waals surface area contributed by atoms with Crippen LogP contribution in [-0.4, -0.2) is 82.4 Å². The van der Waals surface area contributed by atoms with Gasteiger partial charge in [-0.25, -0.2) is 22.8 Å². The number of piperazine rings is 1. The number of carbonyl (C=O) groups is 3. The van der Waals surface area contributed by atoms with Gasteiger partial charge in [0.1, 0.15) is 17.0 Å². The molecule has 1 saturated carbocycles. The summed E-state index contributed by atoms with van der Waals surface area (Å²) in [4.78, 5) is 42.7. The molecule has 0 spiro atoms. The normalized spacial score (nSPS) is 17.3. The van der Waals surface area contributed by atoms with E-state index in [2.05, 4.69) is 15.0 Å². The Labute approximate surface area is 285 Å². The fourth-order valence-corrected chi connectivity index (χ4v) is 5.57. The van der Waals surface area contributed by atoms with Gasteiger partial charge in [0.05, 0.1) is 17.2 Å². The molecule has 2 amide bonds. The van der Waals surface area contributed by atoms with Gasteiger partial charge in [-0.1, -0.05) is 0 Å². The number of rotatable bonds is 9. The zero-order valence-electron chi connectivity index (χ0n) is 28.4. The fourth-order valence-electron chi connectivity index (χ4n) is 5.57. The number of esters is 1. The first kappa shape index (κ1) is 36.5. The van der Waals surface area contributed by atoms with E-state index < -0.39 is 64.5 Å². The molecule has 0 radical (unpaired) electrons. The molecule has 1 aliphatic carbocycles. The molecule has 2 aliphatic rings. The minimum atomic E-state index is -2.41. The quantitative estimate of drug-likeness (QED) is 0.0968. The van der Waals surface area contributed by atoms with Crippen LogP contribution < -0.4 is 14.8 Å². The molecule has 11 nitrogen and oxygen atoms in total. The SMILES string of the molecule is CNC(=O)c1cc(C(=O)Oc2c(F)c(F)c(F)c(F)c2F)c(C)cc1OC(CN1CCN(C(=O)OC(C)(C)C)[C@H](C)C1)c1ccn(C2CC2)n1. The van der Waals surface area contributed by atoms with Gasteiger partial charge >= 0.3 is 12.1 Å². The molecule has 1 N–H and O–H groups in total. The van der Waals surface area contributed by atoms with Crippen molar-refractivity contribution in [2.24, 2.45) is 0 Å². The standard InChI is InChI=1S/C34H38F5N5O6/c1-17-13-23(21(31(45)40-6)14-20(17)32(46)49-30-28(38)26(36)25(35)27(37)29(30)39)48-24(22-9-10-44(41-22)19-7-8-19)16-42-11-12-43(18(2)15-42)33(47)50-34(3,4)5/h9-10,13-14,18-19,24H,7-8,11-12,15-16H2,1-6H3,(H,40,45)/t18-,24?/m1/s1. The summed E-state index contributed by atoms with van der Waals surface area (Å²) < 4.78 is 88.2. The van der Waals surface area contributed by atoms with Crippen molar-refractivity contribution in [1.29, 1.82) is 0 Å². The first-order chi connectivity index (χ1) is 23.5. The smallest absolute Gasteiger partial charge is 0.410 e. The molecule has 3 aromatic rings. The molecule has 1 aliphatic heterocycles. The maximum absolute atomic E-state index is 14.3. The molecule has 16 heteroatoms. The molecule has 1 unspecified atom stereocenters. The highest BCUT2D eigenvalue weighted by Crippen LogP contribution is 2.36. The summed E-state index contributed by atoms with van der Waals surface area (Å²) in [7, 11) is 1.33. The number of aryl methyl sites for hydroxylation is 1. The first-order valence-corrected chi connectivity index (χ1v) is 16.0. The lowest BCUT2D eigenvalue weighted by Crippen LogP contribution is -2.55. The number of amides is 2. The van der Waals surface area contributed by atoms with Crippen molar-refractivity contribution in [1.82, 2.24) is 24.9 Å². The molecule has 2 fully saturated rings. The van der Waals surface area contributed by atoms with Crippen LogP contribution in [-0.2, 0) is 4.74 Å². The minimum absolute atomic E-state index is 0.0287. The summed E-state index contributed by atoms with van der Waals surface area (Å²) in [6.07, 6.45) is 2.66. The summed E-state index contributed by atoms with van der Waals surface area (Å²) in [6.45, 7) is 10.4. The number of hydrogen-bond donors (Lipinski definition) is 1. The van der Waals surface area contributed by atoms with E-state index in [-0.39, 0.29) is 34.5 Å². The van der Waals surface area contributed by atoms with Gasteiger partial charge in [0.25, 0.3) is 5.91 Å². The topological polar surface area (TPSA) is 115 Å². The minimum Gasteiger partial charge on any atom is -0.482 e. The van der Waals surface area contributed by atoms with E-state index >= 15 is 0 Å². The molecule has 0 bridgehead atoms. The second-order valence-electron chi connectivity index (χ2n) is 13.4. The van der Waals surface area contributed by atoms with E-state index in [0.29, 0.717) is 31.9 Å². The van der Waals surface area contributed by atoms with Crippen molar-refractivity contribution in [3.05, 3.63) is 75.9 Å². The molecular formula is C34H38F5N5O6. The van der Waals surface area contributed by atoms with E-state index in [1.54, 1.807) is 25.7 Å². The highest BCUT2D eigenvalue weighted by Gasteiger charge is 2.35. The predicted molar refractivity (Wildman–Crippen MR) is 168 cm³/mol. The zero-order valence-corrected chi connectivity index (χ0v) is 28.4. The third kappa shape index (κ3) is 7.85. The van der Waals surface area contributed by atoms with E-state index in [0.717, 1.165) is 18.9 Å². The number of aromatic nitrogens is 2. The van der Waals surface area contributed by atoms with Crippen LogP contribution in [0.15, 0.2) is 24.4 Å². The van der Waals surface area contributed by atoms with Crippen molar-refractivity contribution in [3.63, 3.8) is 0 Å². The number of benzene rings is 2. The predicted octanol–water partition coefficient (Wildman–Crippen LogP) is 5.86. The lowest BCUT2D eigenvalue weighted by atomic mass is 10.0. The molecular weight excluding hydrogens is 669 g/mol. The number of ether oxygens (including phenoxy) is 3. The van der Waals surface area contributed by atoms with Crippen LogP contribution >= 0.6 is 0 Å². The Balaban J connectivity index is 1.43. The summed E-state index contributed by atoms with van der Waals surface area (Å²) in [6, 6.07) is 4.28.